The van der Waals surface area contributed by atoms with Crippen molar-refractivity contribution in [1.82, 2.24) is 19.1 Å². The number of rotatable bonds is 5. The topological polar surface area (TPSA) is 44.9 Å². The highest BCUT2D eigenvalue weighted by Crippen LogP contribution is 2.23. The monoisotopic (exact) mass is 304 g/mol. The standard InChI is InChI=1S/C15H17ClN4O/c1-19-8-6-17-14(19)5-7-20-13-4-3-11(21-2)9-12(13)18-15(20)10-16/h3-4,6,8-9H,5,7,10H2,1-2H3. The second-order valence-corrected chi connectivity index (χ2v) is 5.14. The van der Waals surface area contributed by atoms with Gasteiger partial charge in [-0.05, 0) is 12.1 Å². The zero-order valence-electron chi connectivity index (χ0n) is 12.1. The molecular weight excluding hydrogens is 288 g/mol. The quantitative estimate of drug-likeness (QED) is 0.681. The third-order valence-corrected chi connectivity index (χ3v) is 3.87. The number of nitrogens with zero attached hydrogens (tertiary/aromatic N) is 4. The van der Waals surface area contributed by atoms with Gasteiger partial charge in [0.05, 0.1) is 24.0 Å². The molecule has 0 amide bonds. The molecule has 5 nitrogen and oxygen atoms in total. The molecule has 0 radical (unpaired) electrons. The van der Waals surface area contributed by atoms with Crippen molar-refractivity contribution in [3.63, 3.8) is 0 Å². The van der Waals surface area contributed by atoms with Crippen LogP contribution in [0.25, 0.3) is 11.0 Å². The molecule has 1 aromatic carbocycles. The Morgan fingerprint density at radius 3 is 2.81 bits per heavy atom. The van der Waals surface area contributed by atoms with Crippen molar-refractivity contribution in [2.45, 2.75) is 18.8 Å². The summed E-state index contributed by atoms with van der Waals surface area (Å²) < 4.78 is 9.42. The molecular formula is C15H17ClN4O. The maximum Gasteiger partial charge on any atom is 0.124 e. The van der Waals surface area contributed by atoms with Crippen molar-refractivity contribution in [1.29, 1.82) is 0 Å². The Labute approximate surface area is 128 Å². The van der Waals surface area contributed by atoms with Crippen LogP contribution in [0.2, 0.25) is 0 Å². The summed E-state index contributed by atoms with van der Waals surface area (Å²) in [6.07, 6.45) is 4.61. The third kappa shape index (κ3) is 2.61. The summed E-state index contributed by atoms with van der Waals surface area (Å²) in [5.74, 6) is 3.11. The van der Waals surface area contributed by atoms with Crippen molar-refractivity contribution in [2.75, 3.05) is 7.11 Å². The minimum atomic E-state index is 0.386. The molecule has 3 aromatic rings. The largest absolute Gasteiger partial charge is 0.497 e. The first-order valence-electron chi connectivity index (χ1n) is 6.78. The lowest BCUT2D eigenvalue weighted by atomic mass is 10.3. The highest BCUT2D eigenvalue weighted by atomic mass is 35.5. The van der Waals surface area contributed by atoms with Crippen LogP contribution in [0.4, 0.5) is 0 Å². The van der Waals surface area contributed by atoms with Gasteiger partial charge in [0.15, 0.2) is 0 Å². The minimum Gasteiger partial charge on any atom is -0.497 e. The summed E-state index contributed by atoms with van der Waals surface area (Å²) in [7, 11) is 3.66. The molecule has 0 aliphatic heterocycles. The van der Waals surface area contributed by atoms with E-state index in [1.807, 2.05) is 42.2 Å². The second kappa shape index (κ2) is 5.77. The highest BCUT2D eigenvalue weighted by Gasteiger charge is 2.11. The zero-order chi connectivity index (χ0) is 14.8. The average Bonchev–Trinajstić information content (AvgIpc) is 3.07. The maximum absolute atomic E-state index is 6.03. The SMILES string of the molecule is COc1ccc2c(c1)nc(CCl)n2CCc1nccn1C. The summed E-state index contributed by atoms with van der Waals surface area (Å²) in [6.45, 7) is 0.801. The fourth-order valence-corrected chi connectivity index (χ4v) is 2.69. The number of hydrogen-bond acceptors (Lipinski definition) is 3. The van der Waals surface area contributed by atoms with Crippen LogP contribution < -0.4 is 4.74 Å². The molecule has 0 bridgehead atoms. The number of imidazole rings is 2. The third-order valence-electron chi connectivity index (χ3n) is 3.63. The number of benzene rings is 1. The first-order chi connectivity index (χ1) is 10.2. The van der Waals surface area contributed by atoms with Gasteiger partial charge in [0.2, 0.25) is 0 Å². The molecule has 0 aliphatic rings. The molecule has 0 saturated heterocycles. The fourth-order valence-electron chi connectivity index (χ4n) is 2.49. The molecule has 0 atom stereocenters. The van der Waals surface area contributed by atoms with Gasteiger partial charge in [0, 0.05) is 38.5 Å². The first kappa shape index (κ1) is 13.9. The van der Waals surface area contributed by atoms with Gasteiger partial charge in [-0.15, -0.1) is 11.6 Å². The normalized spacial score (nSPS) is 11.2. The van der Waals surface area contributed by atoms with E-state index in [0.29, 0.717) is 5.88 Å². The lowest BCUT2D eigenvalue weighted by molar-refractivity contribution is 0.415. The van der Waals surface area contributed by atoms with Crippen LogP contribution in [-0.2, 0) is 25.9 Å². The molecule has 21 heavy (non-hydrogen) atoms. The van der Waals surface area contributed by atoms with E-state index in [-0.39, 0.29) is 0 Å². The van der Waals surface area contributed by atoms with Gasteiger partial charge in [-0.1, -0.05) is 0 Å². The molecule has 6 heteroatoms. The van der Waals surface area contributed by atoms with Crippen LogP contribution in [0.3, 0.4) is 0 Å². The number of halogens is 1. The van der Waals surface area contributed by atoms with E-state index in [1.54, 1.807) is 7.11 Å². The van der Waals surface area contributed by atoms with Crippen LogP contribution in [0.1, 0.15) is 11.6 Å². The number of ether oxygens (including phenoxy) is 1. The molecule has 110 valence electrons. The Morgan fingerprint density at radius 2 is 2.14 bits per heavy atom. The predicted molar refractivity (Wildman–Crippen MR) is 82.8 cm³/mol. The van der Waals surface area contributed by atoms with Gasteiger partial charge >= 0.3 is 0 Å². The number of aromatic nitrogens is 4. The van der Waals surface area contributed by atoms with Gasteiger partial charge in [0.1, 0.15) is 17.4 Å². The summed E-state index contributed by atoms with van der Waals surface area (Å²) in [5.41, 5.74) is 1.98. The van der Waals surface area contributed by atoms with Gasteiger partial charge < -0.3 is 13.9 Å². The van der Waals surface area contributed by atoms with E-state index in [0.717, 1.165) is 41.4 Å². The minimum absolute atomic E-state index is 0.386. The maximum atomic E-state index is 6.03. The molecule has 2 aromatic heterocycles. The number of aryl methyl sites for hydroxylation is 3. The molecule has 2 heterocycles. The molecule has 0 N–H and O–H groups in total. The van der Waals surface area contributed by atoms with Crippen LogP contribution in [0.15, 0.2) is 30.6 Å². The number of methoxy groups -OCH3 is 1. The summed E-state index contributed by atoms with van der Waals surface area (Å²) in [5, 5.41) is 0. The van der Waals surface area contributed by atoms with E-state index < -0.39 is 0 Å². The van der Waals surface area contributed by atoms with E-state index in [1.165, 1.54) is 0 Å². The highest BCUT2D eigenvalue weighted by molar-refractivity contribution is 6.16. The Bertz CT molecular complexity index is 762. The number of alkyl halides is 1. The molecule has 0 saturated carbocycles. The van der Waals surface area contributed by atoms with Crippen molar-refractivity contribution in [2.24, 2.45) is 7.05 Å². The van der Waals surface area contributed by atoms with Gasteiger partial charge in [-0.25, -0.2) is 9.97 Å². The lowest BCUT2D eigenvalue weighted by Gasteiger charge is -2.08. The van der Waals surface area contributed by atoms with Crippen molar-refractivity contribution in [3.05, 3.63) is 42.2 Å². The van der Waals surface area contributed by atoms with Crippen molar-refractivity contribution < 1.29 is 4.74 Å². The van der Waals surface area contributed by atoms with Gasteiger partial charge in [-0.2, -0.15) is 0 Å². The fraction of sp³-hybridized carbons (Fsp3) is 0.333. The van der Waals surface area contributed by atoms with Crippen LogP contribution in [-0.4, -0.2) is 26.2 Å². The Kier molecular flexibility index (Phi) is 3.84. The summed E-state index contributed by atoms with van der Waals surface area (Å²) in [6, 6.07) is 5.90. The summed E-state index contributed by atoms with van der Waals surface area (Å²) in [4.78, 5) is 8.94. The number of hydrogen-bond donors (Lipinski definition) is 0. The van der Waals surface area contributed by atoms with E-state index >= 15 is 0 Å². The van der Waals surface area contributed by atoms with Crippen LogP contribution >= 0.6 is 11.6 Å². The zero-order valence-corrected chi connectivity index (χ0v) is 12.8. The summed E-state index contributed by atoms with van der Waals surface area (Å²) >= 11 is 6.03. The van der Waals surface area contributed by atoms with Gasteiger partial charge in [0.25, 0.3) is 0 Å². The lowest BCUT2D eigenvalue weighted by Crippen LogP contribution is -2.08. The molecule has 3 rings (SSSR count). The Balaban J connectivity index is 1.94. The Morgan fingerprint density at radius 1 is 1.29 bits per heavy atom. The van der Waals surface area contributed by atoms with Crippen LogP contribution in [0.5, 0.6) is 5.75 Å². The molecule has 0 fully saturated rings. The van der Waals surface area contributed by atoms with E-state index in [2.05, 4.69) is 14.5 Å². The van der Waals surface area contributed by atoms with Crippen molar-refractivity contribution in [3.8, 4) is 5.75 Å². The second-order valence-electron chi connectivity index (χ2n) is 4.87. The van der Waals surface area contributed by atoms with Gasteiger partial charge in [-0.3, -0.25) is 0 Å². The molecule has 0 aliphatic carbocycles. The van der Waals surface area contributed by atoms with Crippen LogP contribution in [0, 0.1) is 0 Å². The predicted octanol–water partition coefficient (Wildman–Crippen LogP) is 2.76. The average molecular weight is 305 g/mol. The smallest absolute Gasteiger partial charge is 0.124 e. The van der Waals surface area contributed by atoms with E-state index in [9.17, 15) is 0 Å². The Hall–Kier alpha value is -2.01. The molecule has 0 unspecified atom stereocenters. The number of fused-ring (bicyclic) bond motifs is 1. The van der Waals surface area contributed by atoms with E-state index in [4.69, 9.17) is 16.3 Å². The first-order valence-corrected chi connectivity index (χ1v) is 7.31. The molecule has 0 spiro atoms. The van der Waals surface area contributed by atoms with Crippen molar-refractivity contribution >= 4 is 22.6 Å².